The molecular weight excluding hydrogens is 178 g/mol. The molecule has 0 radical (unpaired) electrons. The van der Waals surface area contributed by atoms with E-state index in [1.807, 2.05) is 13.8 Å². The van der Waals surface area contributed by atoms with Crippen LogP contribution in [0, 0.1) is 5.41 Å². The first-order valence-electron chi connectivity index (χ1n) is 3.54. The fourth-order valence-corrected chi connectivity index (χ4v) is 0.0645. The molecule has 0 aliphatic carbocycles. The van der Waals surface area contributed by atoms with Crippen molar-refractivity contribution in [3.05, 3.63) is 0 Å². The van der Waals surface area contributed by atoms with Crippen LogP contribution >= 0.6 is 0 Å². The van der Waals surface area contributed by atoms with Crippen LogP contribution in [0.4, 0.5) is 0 Å². The molecule has 5 N–H and O–H groups in total. The van der Waals surface area contributed by atoms with Crippen molar-refractivity contribution in [2.24, 2.45) is 11.1 Å². The zero-order chi connectivity index (χ0) is 11.1. The lowest BCUT2D eigenvalue weighted by atomic mass is 9.96. The minimum absolute atomic E-state index is 0.0833. The Labute approximate surface area is 76.0 Å². The van der Waals surface area contributed by atoms with Crippen molar-refractivity contribution in [3.8, 4) is 0 Å². The average molecular weight is 193 g/mol. The number of carboxylic acid groups (broad SMARTS) is 2. The van der Waals surface area contributed by atoms with E-state index in [1.165, 1.54) is 0 Å². The molecule has 0 aliphatic heterocycles. The van der Waals surface area contributed by atoms with Crippen molar-refractivity contribution in [2.75, 3.05) is 13.2 Å². The number of nitrogens with two attached hydrogens (primary N) is 1. The third-order valence-corrected chi connectivity index (χ3v) is 1.16. The molecule has 0 aromatic heterocycles. The van der Waals surface area contributed by atoms with Gasteiger partial charge in [-0.05, 0) is 6.54 Å². The van der Waals surface area contributed by atoms with Gasteiger partial charge in [-0.25, -0.2) is 9.59 Å². The van der Waals surface area contributed by atoms with E-state index in [0.717, 1.165) is 0 Å². The van der Waals surface area contributed by atoms with E-state index in [1.54, 1.807) is 0 Å². The molecule has 0 fully saturated rings. The minimum Gasteiger partial charge on any atom is -0.473 e. The summed E-state index contributed by atoms with van der Waals surface area (Å²) in [6.45, 7) is 4.56. The van der Waals surface area contributed by atoms with Crippen LogP contribution in [0.1, 0.15) is 13.8 Å². The second-order valence-electron chi connectivity index (χ2n) is 3.14. The molecule has 0 spiro atoms. The van der Waals surface area contributed by atoms with Gasteiger partial charge in [0.15, 0.2) is 0 Å². The molecule has 0 aromatic rings. The maximum atomic E-state index is 9.10. The Kier molecular flexibility index (Phi) is 7.07. The highest BCUT2D eigenvalue weighted by atomic mass is 16.4. The number of aliphatic hydroxyl groups is 1. The summed E-state index contributed by atoms with van der Waals surface area (Å²) in [6, 6.07) is 0. The van der Waals surface area contributed by atoms with Crippen molar-refractivity contribution in [2.45, 2.75) is 13.8 Å². The van der Waals surface area contributed by atoms with E-state index in [4.69, 9.17) is 30.6 Å². The lowest BCUT2D eigenvalue weighted by Gasteiger charge is -2.17. The van der Waals surface area contributed by atoms with Gasteiger partial charge in [0.2, 0.25) is 0 Å². The fraction of sp³-hybridized carbons (Fsp3) is 0.714. The number of rotatable bonds is 2. The van der Waals surface area contributed by atoms with Gasteiger partial charge in [-0.2, -0.15) is 0 Å². The van der Waals surface area contributed by atoms with Crippen molar-refractivity contribution in [3.63, 3.8) is 0 Å². The third kappa shape index (κ3) is 10.9. The number of aliphatic carboxylic acids is 2. The van der Waals surface area contributed by atoms with Crippen LogP contribution in [-0.4, -0.2) is 40.4 Å². The van der Waals surface area contributed by atoms with E-state index >= 15 is 0 Å². The normalized spacial score (nSPS) is 9.85. The van der Waals surface area contributed by atoms with Crippen molar-refractivity contribution in [1.82, 2.24) is 0 Å². The first kappa shape index (κ1) is 14.4. The summed E-state index contributed by atoms with van der Waals surface area (Å²) in [5.74, 6) is -3.65. The molecule has 0 unspecified atom stereocenters. The predicted octanol–water partition coefficient (Wildman–Crippen LogP) is -0.881. The standard InChI is InChI=1S/C5H13NO.C2H2O4/c1-5(2,3-6)4-7;3-1(4)2(5)6/h7H,3-4,6H2,1-2H3;(H,3,4)(H,5,6). The summed E-state index contributed by atoms with van der Waals surface area (Å²) >= 11 is 0. The Morgan fingerprint density at radius 1 is 1.23 bits per heavy atom. The molecule has 0 aliphatic rings. The van der Waals surface area contributed by atoms with Crippen LogP contribution in [0.3, 0.4) is 0 Å². The highest BCUT2D eigenvalue weighted by Gasteiger charge is 2.11. The molecular formula is C7H15NO5. The molecule has 0 bridgehead atoms. The lowest BCUT2D eigenvalue weighted by Crippen LogP contribution is -2.26. The maximum Gasteiger partial charge on any atom is 0.414 e. The maximum absolute atomic E-state index is 9.10. The number of aliphatic hydroxyl groups excluding tert-OH is 1. The highest BCUT2D eigenvalue weighted by Crippen LogP contribution is 2.08. The zero-order valence-corrected chi connectivity index (χ0v) is 7.65. The van der Waals surface area contributed by atoms with Crippen LogP contribution in [0.2, 0.25) is 0 Å². The Balaban J connectivity index is 0. The van der Waals surface area contributed by atoms with Gasteiger partial charge < -0.3 is 21.1 Å². The second-order valence-corrected chi connectivity index (χ2v) is 3.14. The summed E-state index contributed by atoms with van der Waals surface area (Å²) in [4.78, 5) is 18.2. The summed E-state index contributed by atoms with van der Waals surface area (Å²) < 4.78 is 0. The van der Waals surface area contributed by atoms with Gasteiger partial charge >= 0.3 is 11.9 Å². The Morgan fingerprint density at radius 2 is 1.54 bits per heavy atom. The second kappa shape index (κ2) is 6.38. The van der Waals surface area contributed by atoms with Crippen molar-refractivity contribution >= 4 is 11.9 Å². The minimum atomic E-state index is -1.82. The Morgan fingerprint density at radius 3 is 1.54 bits per heavy atom. The zero-order valence-electron chi connectivity index (χ0n) is 7.65. The molecule has 0 amide bonds. The molecule has 0 saturated heterocycles. The summed E-state index contributed by atoms with van der Waals surface area (Å²) in [5, 5.41) is 23.3. The van der Waals surface area contributed by atoms with Gasteiger partial charge in [0, 0.05) is 12.0 Å². The molecule has 6 heteroatoms. The van der Waals surface area contributed by atoms with Crippen molar-refractivity contribution in [1.29, 1.82) is 0 Å². The first-order valence-corrected chi connectivity index (χ1v) is 3.54. The monoisotopic (exact) mass is 193 g/mol. The topological polar surface area (TPSA) is 121 Å². The lowest BCUT2D eigenvalue weighted by molar-refractivity contribution is -0.159. The molecule has 0 saturated carbocycles. The van der Waals surface area contributed by atoms with Crippen LogP contribution in [0.25, 0.3) is 0 Å². The molecule has 0 rings (SSSR count). The summed E-state index contributed by atoms with van der Waals surface area (Å²) in [6.07, 6.45) is 0. The molecule has 0 atom stereocenters. The molecule has 78 valence electrons. The van der Waals surface area contributed by atoms with Gasteiger partial charge in [0.05, 0.1) is 0 Å². The largest absolute Gasteiger partial charge is 0.473 e. The van der Waals surface area contributed by atoms with Gasteiger partial charge in [0.25, 0.3) is 0 Å². The predicted molar refractivity (Wildman–Crippen MR) is 45.2 cm³/mol. The number of carbonyl (C=O) groups is 2. The quantitative estimate of drug-likeness (QED) is 0.422. The van der Waals surface area contributed by atoms with Crippen molar-refractivity contribution < 1.29 is 24.9 Å². The highest BCUT2D eigenvalue weighted by molar-refractivity contribution is 6.27. The number of carboxylic acids is 2. The molecule has 13 heavy (non-hydrogen) atoms. The average Bonchev–Trinajstić information content (AvgIpc) is 2.05. The SMILES string of the molecule is CC(C)(CN)CO.O=C(O)C(=O)O. The van der Waals surface area contributed by atoms with Crippen LogP contribution in [-0.2, 0) is 9.59 Å². The van der Waals surface area contributed by atoms with Crippen LogP contribution in [0.5, 0.6) is 0 Å². The van der Waals surface area contributed by atoms with E-state index in [-0.39, 0.29) is 12.0 Å². The van der Waals surface area contributed by atoms with E-state index in [9.17, 15) is 0 Å². The van der Waals surface area contributed by atoms with Gasteiger partial charge in [-0.3, -0.25) is 0 Å². The van der Waals surface area contributed by atoms with E-state index in [0.29, 0.717) is 6.54 Å². The summed E-state index contributed by atoms with van der Waals surface area (Å²) in [7, 11) is 0. The number of hydrogen-bond acceptors (Lipinski definition) is 4. The molecule has 0 heterocycles. The van der Waals surface area contributed by atoms with Gasteiger partial charge in [0.1, 0.15) is 0 Å². The van der Waals surface area contributed by atoms with E-state index in [2.05, 4.69) is 0 Å². The van der Waals surface area contributed by atoms with Crippen LogP contribution in [0.15, 0.2) is 0 Å². The fourth-order valence-electron chi connectivity index (χ4n) is 0.0645. The van der Waals surface area contributed by atoms with Gasteiger partial charge in [-0.15, -0.1) is 0 Å². The third-order valence-electron chi connectivity index (χ3n) is 1.16. The Hall–Kier alpha value is -1.14. The summed E-state index contributed by atoms with van der Waals surface area (Å²) in [5.41, 5.74) is 5.17. The first-order chi connectivity index (χ1) is 5.76. The number of hydrogen-bond donors (Lipinski definition) is 4. The smallest absolute Gasteiger partial charge is 0.414 e. The Bertz CT molecular complexity index is 160. The van der Waals surface area contributed by atoms with Gasteiger partial charge in [-0.1, -0.05) is 13.8 Å². The molecule has 0 aromatic carbocycles. The van der Waals surface area contributed by atoms with E-state index < -0.39 is 11.9 Å². The molecule has 6 nitrogen and oxygen atoms in total. The van der Waals surface area contributed by atoms with Crippen LogP contribution < -0.4 is 5.73 Å².